The van der Waals surface area contributed by atoms with Gasteiger partial charge in [-0.2, -0.15) is 4.98 Å². The van der Waals surface area contributed by atoms with E-state index in [4.69, 9.17) is 26.2 Å². The Bertz CT molecular complexity index is 807. The maximum absolute atomic E-state index is 12.0. The Morgan fingerprint density at radius 2 is 2.07 bits per heavy atom. The van der Waals surface area contributed by atoms with Crippen molar-refractivity contribution in [3.05, 3.63) is 29.9 Å². The van der Waals surface area contributed by atoms with Crippen LogP contribution in [-0.2, 0) is 16.0 Å². The second-order valence-electron chi connectivity index (χ2n) is 5.79. The molecule has 3 atom stereocenters. The topological polar surface area (TPSA) is 235 Å². The number of aliphatic carboxylic acids is 1. The summed E-state index contributed by atoms with van der Waals surface area (Å²) in [5.41, 5.74) is 11.9. The van der Waals surface area contributed by atoms with Crippen molar-refractivity contribution in [2.24, 2.45) is 11.5 Å². The molecule has 2 rings (SSSR count). The smallest absolute Gasteiger partial charge is 0.328 e. The molecule has 2 heterocycles. The lowest BCUT2D eigenvalue weighted by atomic mass is 10.1. The molecule has 0 radical (unpaired) electrons. The molecule has 152 valence electrons. The van der Waals surface area contributed by atoms with E-state index in [-0.39, 0.29) is 18.1 Å². The van der Waals surface area contributed by atoms with E-state index in [9.17, 15) is 14.4 Å². The number of H-pyrrole nitrogens is 1. The molecule has 2 aromatic heterocycles. The number of carboxylic acid groups (broad SMARTS) is 1. The number of nitrogens with one attached hydrogen (secondary N) is 3. The van der Waals surface area contributed by atoms with Crippen LogP contribution in [0.2, 0.25) is 0 Å². The highest BCUT2D eigenvalue weighted by Gasteiger charge is 2.27. The minimum absolute atomic E-state index is 0.125. The Balaban J connectivity index is 2.08. The fraction of sp³-hybridized carbons (Fsp3) is 0.429. The highest BCUT2D eigenvalue weighted by molar-refractivity contribution is 5.83. The summed E-state index contributed by atoms with van der Waals surface area (Å²) in [6.07, 6.45) is 3.03. The quantitative estimate of drug-likeness (QED) is 0.226. The van der Waals surface area contributed by atoms with Crippen molar-refractivity contribution in [1.82, 2.24) is 30.7 Å². The first-order chi connectivity index (χ1) is 13.3. The van der Waals surface area contributed by atoms with Crippen LogP contribution < -0.4 is 22.1 Å². The number of primary amides is 1. The van der Waals surface area contributed by atoms with Gasteiger partial charge in [-0.15, -0.1) is 0 Å². The molecular formula is C14H20N8O6. The third-order valence-electron chi connectivity index (χ3n) is 3.58. The minimum Gasteiger partial charge on any atom is -0.480 e. The molecule has 0 aliphatic carbocycles. The Kier molecular flexibility index (Phi) is 7.00. The van der Waals surface area contributed by atoms with Gasteiger partial charge in [0.25, 0.3) is 0 Å². The van der Waals surface area contributed by atoms with Crippen LogP contribution >= 0.6 is 0 Å². The maximum Gasteiger partial charge on any atom is 0.328 e. The van der Waals surface area contributed by atoms with Gasteiger partial charge in [-0.25, -0.2) is 14.6 Å². The summed E-state index contributed by atoms with van der Waals surface area (Å²) >= 11 is 0. The summed E-state index contributed by atoms with van der Waals surface area (Å²) in [6.45, 7) is -0.823. The van der Waals surface area contributed by atoms with Crippen LogP contribution in [0.25, 0.3) is 0 Å². The zero-order valence-corrected chi connectivity index (χ0v) is 14.5. The van der Waals surface area contributed by atoms with E-state index in [0.717, 1.165) is 5.69 Å². The SMILES string of the molecule is NC(=O)CC(NC(=O)N[C@@H](CO)C(=O)O)c1nc([C@@H](N)Cc2cnc[nH]2)no1. The summed E-state index contributed by atoms with van der Waals surface area (Å²) in [4.78, 5) is 45.0. The number of urea groups is 1. The van der Waals surface area contributed by atoms with Crippen LogP contribution in [0.1, 0.15) is 35.9 Å². The first-order valence-corrected chi connectivity index (χ1v) is 8.05. The lowest BCUT2D eigenvalue weighted by Crippen LogP contribution is -2.49. The zero-order chi connectivity index (χ0) is 20.7. The third-order valence-corrected chi connectivity index (χ3v) is 3.58. The predicted octanol–water partition coefficient (Wildman–Crippen LogP) is -2.30. The average Bonchev–Trinajstić information content (AvgIpc) is 3.30. The molecule has 14 nitrogen and oxygen atoms in total. The number of aliphatic hydroxyl groups is 1. The number of hydrogen-bond donors (Lipinski definition) is 7. The normalized spacial score (nSPS) is 14.1. The second-order valence-corrected chi connectivity index (χ2v) is 5.79. The maximum atomic E-state index is 12.0. The van der Waals surface area contributed by atoms with Crippen LogP contribution in [0.5, 0.6) is 0 Å². The summed E-state index contributed by atoms with van der Waals surface area (Å²) in [5, 5.41) is 25.9. The molecule has 28 heavy (non-hydrogen) atoms. The zero-order valence-electron chi connectivity index (χ0n) is 14.5. The monoisotopic (exact) mass is 396 g/mol. The number of carbonyl (C=O) groups excluding carboxylic acids is 2. The van der Waals surface area contributed by atoms with Crippen LogP contribution in [0.15, 0.2) is 17.0 Å². The number of carbonyl (C=O) groups is 3. The number of hydrogen-bond acceptors (Lipinski definition) is 9. The lowest BCUT2D eigenvalue weighted by molar-refractivity contribution is -0.140. The molecule has 2 aromatic rings. The molecule has 9 N–H and O–H groups in total. The Hall–Kier alpha value is -3.52. The van der Waals surface area contributed by atoms with Gasteiger partial charge in [0.1, 0.15) is 6.04 Å². The van der Waals surface area contributed by atoms with Gasteiger partial charge in [0.2, 0.25) is 11.8 Å². The van der Waals surface area contributed by atoms with Gasteiger partial charge in [-0.3, -0.25) is 4.79 Å². The molecule has 0 saturated heterocycles. The number of aromatic nitrogens is 4. The molecule has 0 saturated carbocycles. The second kappa shape index (κ2) is 9.43. The fourth-order valence-electron chi connectivity index (χ4n) is 2.21. The van der Waals surface area contributed by atoms with Gasteiger partial charge in [0.05, 0.1) is 25.4 Å². The van der Waals surface area contributed by atoms with Crippen molar-refractivity contribution >= 4 is 17.9 Å². The van der Waals surface area contributed by atoms with Crippen molar-refractivity contribution in [2.75, 3.05) is 6.61 Å². The van der Waals surface area contributed by atoms with Gasteiger partial charge in [-0.1, -0.05) is 5.16 Å². The Morgan fingerprint density at radius 3 is 2.64 bits per heavy atom. The van der Waals surface area contributed by atoms with E-state index >= 15 is 0 Å². The third kappa shape index (κ3) is 5.75. The fourth-order valence-corrected chi connectivity index (χ4v) is 2.21. The first kappa shape index (κ1) is 20.8. The Labute approximate surface area is 157 Å². The molecule has 14 heteroatoms. The van der Waals surface area contributed by atoms with Crippen molar-refractivity contribution in [3.63, 3.8) is 0 Å². The molecule has 0 spiro atoms. The average molecular weight is 396 g/mol. The number of amides is 3. The standard InChI is InChI=1S/C14H20N8O6/c15-7(1-6-3-17-5-18-6)11-21-12(28-22-11)8(2-10(16)24)19-14(27)20-9(4-23)13(25)26/h3,5,7-9,23H,1-2,4,15H2,(H2,16,24)(H,17,18)(H,25,26)(H2,19,20,27)/t7-,8?,9-/m0/s1. The van der Waals surface area contributed by atoms with Gasteiger partial charge >= 0.3 is 12.0 Å². The van der Waals surface area contributed by atoms with Gasteiger partial charge in [0.15, 0.2) is 11.9 Å². The van der Waals surface area contributed by atoms with E-state index in [1.165, 1.54) is 6.33 Å². The molecule has 0 aromatic carbocycles. The highest BCUT2D eigenvalue weighted by Crippen LogP contribution is 2.18. The number of nitrogens with zero attached hydrogens (tertiary/aromatic N) is 3. The minimum atomic E-state index is -1.53. The lowest BCUT2D eigenvalue weighted by Gasteiger charge is -2.16. The number of rotatable bonds is 10. The van der Waals surface area contributed by atoms with E-state index < -0.39 is 42.6 Å². The molecule has 0 bridgehead atoms. The van der Waals surface area contributed by atoms with Crippen LogP contribution in [-0.4, -0.2) is 60.9 Å². The summed E-state index contributed by atoms with van der Waals surface area (Å²) < 4.78 is 5.06. The molecule has 0 aliphatic heterocycles. The van der Waals surface area contributed by atoms with Crippen molar-refractivity contribution in [1.29, 1.82) is 0 Å². The van der Waals surface area contributed by atoms with E-state index in [2.05, 4.69) is 25.4 Å². The van der Waals surface area contributed by atoms with Crippen molar-refractivity contribution in [3.8, 4) is 0 Å². The number of aliphatic hydroxyl groups excluding tert-OH is 1. The molecule has 0 fully saturated rings. The van der Waals surface area contributed by atoms with Crippen LogP contribution in [0.4, 0.5) is 4.79 Å². The summed E-state index contributed by atoms with van der Waals surface area (Å²) in [7, 11) is 0. The van der Waals surface area contributed by atoms with Crippen LogP contribution in [0.3, 0.4) is 0 Å². The van der Waals surface area contributed by atoms with Gasteiger partial charge in [0, 0.05) is 18.3 Å². The number of nitrogens with two attached hydrogens (primary N) is 2. The first-order valence-electron chi connectivity index (χ1n) is 8.05. The molecule has 1 unspecified atom stereocenters. The number of carboxylic acids is 1. The largest absolute Gasteiger partial charge is 0.480 e. The van der Waals surface area contributed by atoms with Crippen molar-refractivity contribution in [2.45, 2.75) is 31.0 Å². The number of aromatic amines is 1. The highest BCUT2D eigenvalue weighted by atomic mass is 16.5. The Morgan fingerprint density at radius 1 is 1.32 bits per heavy atom. The van der Waals surface area contributed by atoms with Gasteiger partial charge < -0.3 is 41.8 Å². The van der Waals surface area contributed by atoms with E-state index in [0.29, 0.717) is 6.42 Å². The summed E-state index contributed by atoms with van der Waals surface area (Å²) in [5.74, 6) is -2.22. The summed E-state index contributed by atoms with van der Waals surface area (Å²) in [6, 6.07) is -4.28. The number of imidazole rings is 1. The molecular weight excluding hydrogens is 376 g/mol. The van der Waals surface area contributed by atoms with E-state index in [1.54, 1.807) is 6.20 Å². The van der Waals surface area contributed by atoms with Crippen molar-refractivity contribution < 1.29 is 29.1 Å². The van der Waals surface area contributed by atoms with Gasteiger partial charge in [-0.05, 0) is 0 Å². The molecule has 3 amide bonds. The van der Waals surface area contributed by atoms with E-state index in [1.807, 2.05) is 5.32 Å². The van der Waals surface area contributed by atoms with Crippen LogP contribution in [0, 0.1) is 0 Å². The molecule has 0 aliphatic rings. The predicted molar refractivity (Wildman–Crippen MR) is 90.2 cm³/mol.